The first-order valence-electron chi connectivity index (χ1n) is 4.43. The Bertz CT molecular complexity index is 361. The highest BCUT2D eigenvalue weighted by atomic mass is 32.2. The number of sulfone groups is 1. The molecule has 0 aliphatic carbocycles. The van der Waals surface area contributed by atoms with E-state index < -0.39 is 21.9 Å². The van der Waals surface area contributed by atoms with E-state index in [4.69, 9.17) is 5.11 Å². The minimum Gasteiger partial charge on any atom is -0.481 e. The minimum absolute atomic E-state index is 0.0349. The Hall–Kier alpha value is -0.920. The fourth-order valence-electron chi connectivity index (χ4n) is 1.26. The van der Waals surface area contributed by atoms with Crippen LogP contribution in [0.4, 0.5) is 0 Å². The molecule has 1 aliphatic heterocycles. The van der Waals surface area contributed by atoms with Gasteiger partial charge >= 0.3 is 5.97 Å². The van der Waals surface area contributed by atoms with E-state index in [2.05, 4.69) is 5.32 Å². The van der Waals surface area contributed by atoms with Gasteiger partial charge in [-0.3, -0.25) is 4.79 Å². The minimum atomic E-state index is -3.11. The summed E-state index contributed by atoms with van der Waals surface area (Å²) in [4.78, 5) is 10.2. The van der Waals surface area contributed by atoms with Crippen molar-refractivity contribution in [2.45, 2.75) is 18.6 Å². The molecule has 15 heavy (non-hydrogen) atoms. The molecule has 86 valence electrons. The highest BCUT2D eigenvalue weighted by Crippen LogP contribution is 2.07. The third-order valence-corrected chi connectivity index (χ3v) is 3.35. The lowest BCUT2D eigenvalue weighted by molar-refractivity contribution is -0.139. The Morgan fingerprint density at radius 3 is 2.73 bits per heavy atom. The van der Waals surface area contributed by atoms with Gasteiger partial charge in [-0.25, -0.2) is 8.42 Å². The average molecular weight is 235 g/mol. The molecule has 0 aromatic heterocycles. The number of carboxylic acids is 1. The number of hydrogen-bond acceptors (Lipinski definition) is 5. The van der Waals surface area contributed by atoms with Crippen molar-refractivity contribution in [2.24, 2.45) is 0 Å². The van der Waals surface area contributed by atoms with Gasteiger partial charge in [-0.1, -0.05) is 6.08 Å². The molecule has 0 fully saturated rings. The van der Waals surface area contributed by atoms with Gasteiger partial charge in [0.2, 0.25) is 0 Å². The number of aliphatic hydroxyl groups excluding tert-OH is 1. The second-order valence-corrected chi connectivity index (χ2v) is 5.36. The molecule has 3 N–H and O–H groups in total. The van der Waals surface area contributed by atoms with Crippen molar-refractivity contribution < 1.29 is 23.4 Å². The summed E-state index contributed by atoms with van der Waals surface area (Å²) in [5.41, 5.74) is 0. The van der Waals surface area contributed by atoms with Gasteiger partial charge in [0.1, 0.15) is 0 Å². The normalized spacial score (nSPS) is 25.3. The summed E-state index contributed by atoms with van der Waals surface area (Å²) >= 11 is 0. The van der Waals surface area contributed by atoms with Crippen LogP contribution >= 0.6 is 0 Å². The van der Waals surface area contributed by atoms with Gasteiger partial charge in [-0.2, -0.15) is 0 Å². The van der Waals surface area contributed by atoms with Gasteiger partial charge in [0.05, 0.1) is 18.3 Å². The zero-order valence-electron chi connectivity index (χ0n) is 7.96. The second-order valence-electron chi connectivity index (χ2n) is 3.42. The van der Waals surface area contributed by atoms with E-state index in [0.29, 0.717) is 0 Å². The monoisotopic (exact) mass is 235 g/mol. The van der Waals surface area contributed by atoms with Crippen molar-refractivity contribution >= 4 is 15.8 Å². The summed E-state index contributed by atoms with van der Waals surface area (Å²) in [5, 5.41) is 21.4. The van der Waals surface area contributed by atoms with Gasteiger partial charge in [-0.15, -0.1) is 0 Å². The number of carbonyl (C=O) groups is 1. The van der Waals surface area contributed by atoms with Crippen molar-refractivity contribution in [3.63, 3.8) is 0 Å². The molecule has 0 bridgehead atoms. The van der Waals surface area contributed by atoms with Gasteiger partial charge in [0.15, 0.2) is 9.84 Å². The predicted octanol–water partition coefficient (Wildman–Crippen LogP) is -1.28. The fraction of sp³-hybridized carbons (Fsp3) is 0.625. The largest absolute Gasteiger partial charge is 0.481 e. The predicted molar refractivity (Wildman–Crippen MR) is 53.0 cm³/mol. The highest BCUT2D eigenvalue weighted by Gasteiger charge is 2.21. The molecule has 0 aromatic rings. The Balaban J connectivity index is 2.28. The van der Waals surface area contributed by atoms with Crippen LogP contribution in [-0.4, -0.2) is 49.0 Å². The van der Waals surface area contributed by atoms with Crippen LogP contribution in [-0.2, 0) is 14.6 Å². The van der Waals surface area contributed by atoms with Crippen molar-refractivity contribution in [3.8, 4) is 0 Å². The number of aliphatic carboxylic acids is 1. The average Bonchev–Trinajstić information content (AvgIpc) is 2.41. The summed E-state index contributed by atoms with van der Waals surface area (Å²) in [5.74, 6) is -1.12. The molecule has 7 heteroatoms. The van der Waals surface area contributed by atoms with Crippen LogP contribution in [0.25, 0.3) is 0 Å². The molecular formula is C8H13NO5S. The van der Waals surface area contributed by atoms with E-state index in [9.17, 15) is 18.3 Å². The highest BCUT2D eigenvalue weighted by molar-refractivity contribution is 7.94. The molecule has 1 aliphatic rings. The van der Waals surface area contributed by atoms with E-state index in [0.717, 1.165) is 5.41 Å². The first kappa shape index (κ1) is 12.2. The zero-order valence-corrected chi connectivity index (χ0v) is 8.77. The van der Waals surface area contributed by atoms with Crippen molar-refractivity contribution in [3.05, 3.63) is 11.5 Å². The van der Waals surface area contributed by atoms with Crippen LogP contribution in [0.15, 0.2) is 11.5 Å². The first-order valence-corrected chi connectivity index (χ1v) is 6.15. The molecule has 0 amide bonds. The number of aliphatic hydroxyl groups is 1. The molecule has 1 rings (SSSR count). The number of rotatable bonds is 5. The van der Waals surface area contributed by atoms with Crippen LogP contribution in [0.2, 0.25) is 0 Å². The van der Waals surface area contributed by atoms with Crippen LogP contribution in [0.5, 0.6) is 0 Å². The summed E-state index contributed by atoms with van der Waals surface area (Å²) < 4.78 is 22.0. The van der Waals surface area contributed by atoms with E-state index in [1.54, 1.807) is 0 Å². The quantitative estimate of drug-likeness (QED) is 0.548. The maximum absolute atomic E-state index is 11.0. The molecule has 6 nitrogen and oxygen atoms in total. The molecule has 2 atom stereocenters. The Labute approximate surface area is 87.5 Å². The standard InChI is InChI=1S/C8H13NO5S/c10-7(3-8(11)12)4-9-6-1-2-15(13,14)5-6/h1-2,6-7,9-10H,3-5H2,(H,11,12). The molecule has 0 saturated heterocycles. The Morgan fingerprint density at radius 1 is 1.60 bits per heavy atom. The van der Waals surface area contributed by atoms with Gasteiger partial charge in [0.25, 0.3) is 0 Å². The lowest BCUT2D eigenvalue weighted by Crippen LogP contribution is -2.37. The van der Waals surface area contributed by atoms with Crippen LogP contribution in [0.3, 0.4) is 0 Å². The molecular weight excluding hydrogens is 222 g/mol. The van der Waals surface area contributed by atoms with Crippen molar-refractivity contribution in [1.29, 1.82) is 0 Å². The summed E-state index contributed by atoms with van der Waals surface area (Å²) in [7, 11) is -3.11. The third kappa shape index (κ3) is 4.41. The summed E-state index contributed by atoms with van der Waals surface area (Å²) in [6.45, 7) is 0.0663. The van der Waals surface area contributed by atoms with E-state index in [1.165, 1.54) is 6.08 Å². The number of nitrogens with one attached hydrogen (secondary N) is 1. The van der Waals surface area contributed by atoms with Crippen LogP contribution in [0, 0.1) is 0 Å². The van der Waals surface area contributed by atoms with E-state index in [1.807, 2.05) is 0 Å². The second kappa shape index (κ2) is 4.73. The van der Waals surface area contributed by atoms with Gasteiger partial charge < -0.3 is 15.5 Å². The molecule has 0 spiro atoms. The summed E-state index contributed by atoms with van der Waals surface area (Å²) in [6.07, 6.45) is 0.137. The molecule has 0 saturated carbocycles. The van der Waals surface area contributed by atoms with Crippen LogP contribution < -0.4 is 5.32 Å². The van der Waals surface area contributed by atoms with Crippen molar-refractivity contribution in [2.75, 3.05) is 12.3 Å². The number of hydrogen-bond donors (Lipinski definition) is 3. The fourth-order valence-corrected chi connectivity index (χ4v) is 2.53. The third-order valence-electron chi connectivity index (χ3n) is 1.96. The molecule has 2 unspecified atom stereocenters. The topological polar surface area (TPSA) is 104 Å². The number of carboxylic acid groups (broad SMARTS) is 1. The van der Waals surface area contributed by atoms with Crippen LogP contribution in [0.1, 0.15) is 6.42 Å². The molecule has 0 radical (unpaired) electrons. The Morgan fingerprint density at radius 2 is 2.27 bits per heavy atom. The smallest absolute Gasteiger partial charge is 0.306 e. The van der Waals surface area contributed by atoms with Gasteiger partial charge in [0, 0.05) is 18.0 Å². The first-order chi connectivity index (χ1) is 6.89. The van der Waals surface area contributed by atoms with E-state index in [-0.39, 0.29) is 24.8 Å². The maximum atomic E-state index is 11.0. The molecule has 1 heterocycles. The Kier molecular flexibility index (Phi) is 3.83. The zero-order chi connectivity index (χ0) is 11.5. The lowest BCUT2D eigenvalue weighted by atomic mass is 10.2. The van der Waals surface area contributed by atoms with Gasteiger partial charge in [-0.05, 0) is 0 Å². The van der Waals surface area contributed by atoms with E-state index >= 15 is 0 Å². The molecule has 0 aromatic carbocycles. The maximum Gasteiger partial charge on any atom is 0.306 e. The lowest BCUT2D eigenvalue weighted by Gasteiger charge is -2.12. The SMILES string of the molecule is O=C(O)CC(O)CNC1C=CS(=O)(=O)C1. The summed E-state index contributed by atoms with van der Waals surface area (Å²) in [6, 6.07) is -0.335. The van der Waals surface area contributed by atoms with Crippen molar-refractivity contribution in [1.82, 2.24) is 5.32 Å².